The molecule has 0 aromatic rings. The highest BCUT2D eigenvalue weighted by molar-refractivity contribution is 5.97. The molecule has 1 heterocycles. The highest BCUT2D eigenvalue weighted by atomic mass is 16.1. The van der Waals surface area contributed by atoms with Crippen molar-refractivity contribution in [1.82, 2.24) is 4.90 Å². The molecule has 1 aliphatic heterocycles. The number of allylic oxidation sites excluding steroid dienone is 2. The Balaban J connectivity index is 2.32. The Morgan fingerprint density at radius 1 is 1.38 bits per heavy atom. The van der Waals surface area contributed by atoms with Crippen molar-refractivity contribution in [2.24, 2.45) is 5.92 Å². The third kappa shape index (κ3) is 1.50. The summed E-state index contributed by atoms with van der Waals surface area (Å²) in [4.78, 5) is 14.0. The number of Topliss-reactive ketones (excluding diaryl/α,β-unsaturated/α-hetero) is 1. The van der Waals surface area contributed by atoms with E-state index in [4.69, 9.17) is 0 Å². The van der Waals surface area contributed by atoms with Gasteiger partial charge in [0.15, 0.2) is 5.78 Å². The van der Waals surface area contributed by atoms with E-state index in [1.165, 1.54) is 5.70 Å². The predicted octanol–water partition coefficient (Wildman–Crippen LogP) is 1.97. The lowest BCUT2D eigenvalue weighted by Gasteiger charge is -2.35. The zero-order valence-corrected chi connectivity index (χ0v) is 8.47. The van der Waals surface area contributed by atoms with Crippen LogP contribution in [0.1, 0.15) is 32.6 Å². The second kappa shape index (κ2) is 3.17. The number of rotatable bonds is 0. The van der Waals surface area contributed by atoms with Gasteiger partial charge in [0.25, 0.3) is 0 Å². The maximum Gasteiger partial charge on any atom is 0.160 e. The Morgan fingerprint density at radius 2 is 2.15 bits per heavy atom. The van der Waals surface area contributed by atoms with Crippen molar-refractivity contribution in [3.8, 4) is 0 Å². The second-order valence-electron chi connectivity index (χ2n) is 4.39. The van der Waals surface area contributed by atoms with Crippen molar-refractivity contribution in [1.29, 1.82) is 0 Å². The van der Waals surface area contributed by atoms with Gasteiger partial charge in [-0.3, -0.25) is 4.79 Å². The Labute approximate surface area is 79.6 Å². The van der Waals surface area contributed by atoms with E-state index in [9.17, 15) is 4.79 Å². The summed E-state index contributed by atoms with van der Waals surface area (Å²) in [5, 5.41) is 0. The van der Waals surface area contributed by atoms with Gasteiger partial charge in [0.1, 0.15) is 0 Å². The molecule has 1 aliphatic carbocycles. The van der Waals surface area contributed by atoms with E-state index in [2.05, 4.69) is 18.9 Å². The van der Waals surface area contributed by atoms with Crippen molar-refractivity contribution < 1.29 is 4.79 Å². The zero-order valence-electron chi connectivity index (χ0n) is 8.47. The highest BCUT2D eigenvalue weighted by Gasteiger charge is 2.28. The fourth-order valence-corrected chi connectivity index (χ4v) is 2.42. The molecule has 0 aromatic heterocycles. The smallest absolute Gasteiger partial charge is 0.160 e. The number of hydrogen-bond donors (Lipinski definition) is 0. The summed E-state index contributed by atoms with van der Waals surface area (Å²) in [6.45, 7) is 3.29. The molecule has 13 heavy (non-hydrogen) atoms. The molecule has 1 atom stereocenters. The number of carbonyl (C=O) groups excluding carboxylic acids is 1. The average molecular weight is 179 g/mol. The van der Waals surface area contributed by atoms with Gasteiger partial charge >= 0.3 is 0 Å². The first-order valence-corrected chi connectivity index (χ1v) is 5.15. The fourth-order valence-electron chi connectivity index (χ4n) is 2.42. The van der Waals surface area contributed by atoms with Gasteiger partial charge in [-0.05, 0) is 25.2 Å². The standard InChI is InChI=1S/C11H17NO/c1-8-6-10-9(11(13)7-8)4-3-5-12(10)2/h8H,3-7H2,1-2H3/t8-/m0/s1. The molecule has 0 aromatic carbocycles. The van der Waals surface area contributed by atoms with E-state index in [-0.39, 0.29) is 0 Å². The first-order valence-electron chi connectivity index (χ1n) is 5.15. The minimum atomic E-state index is 0.403. The zero-order chi connectivity index (χ0) is 9.42. The summed E-state index contributed by atoms with van der Waals surface area (Å²) >= 11 is 0. The van der Waals surface area contributed by atoms with Crippen LogP contribution < -0.4 is 0 Å². The minimum Gasteiger partial charge on any atom is -0.378 e. The van der Waals surface area contributed by atoms with E-state index in [1.807, 2.05) is 0 Å². The molecule has 0 fully saturated rings. The first-order chi connectivity index (χ1) is 6.18. The molecular weight excluding hydrogens is 162 g/mol. The predicted molar refractivity (Wildman–Crippen MR) is 52.3 cm³/mol. The summed E-state index contributed by atoms with van der Waals surface area (Å²) in [5.74, 6) is 0.951. The van der Waals surface area contributed by atoms with Gasteiger partial charge in [-0.1, -0.05) is 6.92 Å². The Hall–Kier alpha value is -0.790. The number of carbonyl (C=O) groups is 1. The molecule has 2 aliphatic rings. The molecule has 0 saturated carbocycles. The van der Waals surface area contributed by atoms with Crippen LogP contribution in [-0.2, 0) is 4.79 Å². The number of nitrogens with zero attached hydrogens (tertiary/aromatic N) is 1. The van der Waals surface area contributed by atoms with Crippen LogP contribution in [0.15, 0.2) is 11.3 Å². The Bertz CT molecular complexity index is 267. The summed E-state index contributed by atoms with van der Waals surface area (Å²) < 4.78 is 0. The van der Waals surface area contributed by atoms with Crippen molar-refractivity contribution in [2.45, 2.75) is 32.6 Å². The third-order valence-electron chi connectivity index (χ3n) is 3.14. The van der Waals surface area contributed by atoms with E-state index in [1.54, 1.807) is 0 Å². The van der Waals surface area contributed by atoms with Crippen molar-refractivity contribution >= 4 is 5.78 Å². The first kappa shape index (κ1) is 8.79. The lowest BCUT2D eigenvalue weighted by atomic mass is 9.83. The molecule has 0 spiro atoms. The fraction of sp³-hybridized carbons (Fsp3) is 0.727. The average Bonchev–Trinajstić information content (AvgIpc) is 2.07. The molecule has 0 unspecified atom stereocenters. The lowest BCUT2D eigenvalue weighted by molar-refractivity contribution is -0.117. The molecule has 2 nitrogen and oxygen atoms in total. The SMILES string of the molecule is C[C@@H]1CC(=O)C2=C(C1)N(C)CCC2. The van der Waals surface area contributed by atoms with Crippen molar-refractivity contribution in [3.05, 3.63) is 11.3 Å². The van der Waals surface area contributed by atoms with E-state index in [0.717, 1.165) is 37.8 Å². The lowest BCUT2D eigenvalue weighted by Crippen LogP contribution is -2.32. The quantitative estimate of drug-likeness (QED) is 0.566. The van der Waals surface area contributed by atoms with Crippen LogP contribution in [0.5, 0.6) is 0 Å². The van der Waals surface area contributed by atoms with E-state index >= 15 is 0 Å². The summed E-state index contributed by atoms with van der Waals surface area (Å²) in [7, 11) is 2.11. The normalized spacial score (nSPS) is 29.2. The van der Waals surface area contributed by atoms with Crippen LogP contribution in [0.2, 0.25) is 0 Å². The van der Waals surface area contributed by atoms with E-state index < -0.39 is 0 Å². The van der Waals surface area contributed by atoms with Gasteiger partial charge < -0.3 is 4.90 Å². The Morgan fingerprint density at radius 3 is 2.92 bits per heavy atom. The molecule has 72 valence electrons. The largest absolute Gasteiger partial charge is 0.378 e. The summed E-state index contributed by atoms with van der Waals surface area (Å²) in [6.07, 6.45) is 4.05. The molecule has 0 radical (unpaired) electrons. The van der Waals surface area contributed by atoms with Crippen LogP contribution in [0, 0.1) is 5.92 Å². The van der Waals surface area contributed by atoms with Crippen LogP contribution in [-0.4, -0.2) is 24.3 Å². The molecule has 0 amide bonds. The molecule has 2 rings (SSSR count). The Kier molecular flexibility index (Phi) is 2.14. The highest BCUT2D eigenvalue weighted by Crippen LogP contribution is 2.33. The summed E-state index contributed by atoms with van der Waals surface area (Å²) in [6, 6.07) is 0. The van der Waals surface area contributed by atoms with Gasteiger partial charge in [0.2, 0.25) is 0 Å². The van der Waals surface area contributed by atoms with Crippen molar-refractivity contribution in [3.63, 3.8) is 0 Å². The van der Waals surface area contributed by atoms with Crippen LogP contribution in [0.3, 0.4) is 0 Å². The van der Waals surface area contributed by atoms with Gasteiger partial charge in [0, 0.05) is 31.3 Å². The summed E-state index contributed by atoms with van der Waals surface area (Å²) in [5.41, 5.74) is 2.46. The van der Waals surface area contributed by atoms with Crippen LogP contribution in [0.4, 0.5) is 0 Å². The number of hydrogen-bond acceptors (Lipinski definition) is 2. The minimum absolute atomic E-state index is 0.403. The topological polar surface area (TPSA) is 20.3 Å². The van der Waals surface area contributed by atoms with Crippen LogP contribution >= 0.6 is 0 Å². The van der Waals surface area contributed by atoms with Gasteiger partial charge in [-0.15, -0.1) is 0 Å². The number of ketones is 1. The van der Waals surface area contributed by atoms with Gasteiger partial charge in [-0.2, -0.15) is 0 Å². The van der Waals surface area contributed by atoms with Gasteiger partial charge in [0.05, 0.1) is 0 Å². The molecule has 0 saturated heterocycles. The second-order valence-corrected chi connectivity index (χ2v) is 4.39. The maximum absolute atomic E-state index is 11.7. The van der Waals surface area contributed by atoms with Gasteiger partial charge in [-0.25, -0.2) is 0 Å². The molecule has 0 N–H and O–H groups in total. The molecular formula is C11H17NO. The van der Waals surface area contributed by atoms with Crippen LogP contribution in [0.25, 0.3) is 0 Å². The van der Waals surface area contributed by atoms with E-state index in [0.29, 0.717) is 11.7 Å². The molecule has 2 heteroatoms. The van der Waals surface area contributed by atoms with Crippen molar-refractivity contribution in [2.75, 3.05) is 13.6 Å². The monoisotopic (exact) mass is 179 g/mol. The third-order valence-corrected chi connectivity index (χ3v) is 3.14. The molecule has 0 bridgehead atoms. The maximum atomic E-state index is 11.7.